The van der Waals surface area contributed by atoms with Crippen molar-refractivity contribution in [2.75, 3.05) is 27.2 Å². The average molecular weight is 730 g/mol. The minimum absolute atomic E-state index is 0.0668. The molecule has 0 aliphatic carbocycles. The van der Waals surface area contributed by atoms with Crippen molar-refractivity contribution in [1.82, 2.24) is 35.4 Å². The quantitative estimate of drug-likeness (QED) is 0.389. The van der Waals surface area contributed by atoms with Crippen LogP contribution in [-0.4, -0.2) is 93.8 Å². The van der Waals surface area contributed by atoms with E-state index >= 15 is 0 Å². The molecule has 0 spiro atoms. The highest BCUT2D eigenvalue weighted by Gasteiger charge is 2.41. The van der Waals surface area contributed by atoms with Crippen LogP contribution in [0.5, 0.6) is 11.5 Å². The number of aryl methyl sites for hydroxylation is 1. The summed E-state index contributed by atoms with van der Waals surface area (Å²) in [5, 5.41) is 14.6. The maximum Gasteiger partial charge on any atom is 0.255 e. The predicted molar refractivity (Wildman–Crippen MR) is 200 cm³/mol. The molecule has 2 bridgehead atoms. The molecular formula is C40H55N7O6. The van der Waals surface area contributed by atoms with Gasteiger partial charge in [0.25, 0.3) is 5.91 Å². The fourth-order valence-electron chi connectivity index (χ4n) is 7.09. The zero-order valence-corrected chi connectivity index (χ0v) is 31.6. The van der Waals surface area contributed by atoms with Crippen LogP contribution in [0.3, 0.4) is 0 Å². The molecule has 1 aromatic heterocycles. The van der Waals surface area contributed by atoms with Gasteiger partial charge in [0.15, 0.2) is 0 Å². The zero-order chi connectivity index (χ0) is 37.7. The minimum Gasteiger partial charge on any atom is -0.497 e. The van der Waals surface area contributed by atoms with Crippen LogP contribution < -0.4 is 20.1 Å². The van der Waals surface area contributed by atoms with Crippen molar-refractivity contribution in [1.29, 1.82) is 0 Å². The Kier molecular flexibility index (Phi) is 14.2. The molecule has 1 saturated heterocycles. The molecule has 2 N–H and O–H groups in total. The van der Waals surface area contributed by atoms with Crippen molar-refractivity contribution in [2.24, 2.45) is 5.92 Å². The minimum atomic E-state index is -0.891. The Balaban J connectivity index is 1.42. The van der Waals surface area contributed by atoms with Crippen molar-refractivity contribution < 1.29 is 28.7 Å². The van der Waals surface area contributed by atoms with Gasteiger partial charge in [-0.25, -0.2) is 0 Å². The van der Waals surface area contributed by atoms with Gasteiger partial charge in [0, 0.05) is 39.2 Å². The van der Waals surface area contributed by atoms with E-state index in [-0.39, 0.29) is 41.6 Å². The van der Waals surface area contributed by atoms with Crippen molar-refractivity contribution in [3.05, 3.63) is 71.5 Å². The number of aromatic nitrogens is 3. The predicted octanol–water partition coefficient (Wildman–Crippen LogP) is 4.54. The van der Waals surface area contributed by atoms with Gasteiger partial charge in [-0.1, -0.05) is 75.1 Å². The van der Waals surface area contributed by atoms with Gasteiger partial charge in [-0.3, -0.25) is 23.9 Å². The van der Waals surface area contributed by atoms with E-state index in [0.29, 0.717) is 50.2 Å². The van der Waals surface area contributed by atoms with Crippen LogP contribution in [0, 0.1) is 5.92 Å². The Morgan fingerprint density at radius 1 is 0.925 bits per heavy atom. The summed E-state index contributed by atoms with van der Waals surface area (Å²) in [4.78, 5) is 59.4. The van der Waals surface area contributed by atoms with Crippen molar-refractivity contribution in [2.45, 2.75) is 109 Å². The SMILES string of the molecule is COc1ccc2c(c1)OCc1cn(nn1)CCCCCCCCNC(=O)[C@H](Cc1ccccc1)N(C)C(=O)[C@H]1CCCN1C(=O)[C@@H](CC(C)C)NC2=O. The summed E-state index contributed by atoms with van der Waals surface area (Å²) in [6.07, 6.45) is 9.63. The van der Waals surface area contributed by atoms with Crippen molar-refractivity contribution in [3.8, 4) is 11.5 Å². The highest BCUT2D eigenvalue weighted by atomic mass is 16.5. The lowest BCUT2D eigenvalue weighted by atomic mass is 10.0. The van der Waals surface area contributed by atoms with E-state index < -0.39 is 24.0 Å². The van der Waals surface area contributed by atoms with Gasteiger partial charge >= 0.3 is 0 Å². The third-order valence-corrected chi connectivity index (χ3v) is 10.0. The fourth-order valence-corrected chi connectivity index (χ4v) is 7.09. The molecule has 0 unspecified atom stereocenters. The molecule has 0 radical (unpaired) electrons. The molecule has 5 rings (SSSR count). The molecule has 2 aromatic carbocycles. The van der Waals surface area contributed by atoms with Gasteiger partial charge in [0.05, 0.1) is 18.9 Å². The molecule has 0 saturated carbocycles. The Hall–Kier alpha value is -4.94. The zero-order valence-electron chi connectivity index (χ0n) is 31.6. The Labute approximate surface area is 312 Å². The number of rotatable bonds is 5. The number of methoxy groups -OCH3 is 1. The summed E-state index contributed by atoms with van der Waals surface area (Å²) in [5.74, 6) is -0.442. The van der Waals surface area contributed by atoms with Gasteiger partial charge in [-0.15, -0.1) is 5.10 Å². The number of carbonyl (C=O) groups is 4. The van der Waals surface area contributed by atoms with E-state index in [2.05, 4.69) is 20.9 Å². The molecule has 1 fully saturated rings. The molecule has 3 aromatic rings. The standard InChI is InChI=1S/C40H55N7O6/c1-28(2)23-33-39(50)47-22-14-17-34(47)40(51)45(3)35(24-29-15-10-9-11-16-29)38(49)41-20-12-7-5-6-8-13-21-46-26-30(43-44-46)27-53-36-25-31(52-4)18-19-32(36)37(48)42-33/h9-11,15-16,18-19,25-26,28,33-35H,5-8,12-14,17,20-24,27H2,1-4H3,(H,41,49)(H,42,48)/t33-,34-,35+/m1/s1. The van der Waals surface area contributed by atoms with Gasteiger partial charge in [-0.05, 0) is 55.7 Å². The number of hydrogen-bond donors (Lipinski definition) is 2. The van der Waals surface area contributed by atoms with Gasteiger partial charge in [-0.2, -0.15) is 0 Å². The van der Waals surface area contributed by atoms with E-state index in [1.807, 2.05) is 50.4 Å². The van der Waals surface area contributed by atoms with Gasteiger partial charge in [0.2, 0.25) is 17.7 Å². The number of carbonyl (C=O) groups excluding carboxylic acids is 4. The van der Waals surface area contributed by atoms with E-state index in [0.717, 1.165) is 50.6 Å². The van der Waals surface area contributed by atoms with Gasteiger partial charge in [0.1, 0.15) is 41.9 Å². The van der Waals surface area contributed by atoms with Crippen LogP contribution >= 0.6 is 0 Å². The van der Waals surface area contributed by atoms with Crippen molar-refractivity contribution >= 4 is 23.6 Å². The normalized spacial score (nSPS) is 21.7. The lowest BCUT2D eigenvalue weighted by Gasteiger charge is -2.34. The largest absolute Gasteiger partial charge is 0.497 e. The summed E-state index contributed by atoms with van der Waals surface area (Å²) in [5.41, 5.74) is 1.80. The van der Waals surface area contributed by atoms with Crippen LogP contribution in [0.2, 0.25) is 0 Å². The van der Waals surface area contributed by atoms with Crippen LogP contribution in [0.15, 0.2) is 54.7 Å². The third-order valence-electron chi connectivity index (χ3n) is 10.0. The Morgan fingerprint density at radius 3 is 2.43 bits per heavy atom. The molecular weight excluding hydrogens is 674 g/mol. The number of likely N-dealkylation sites (N-methyl/N-ethyl adjacent to an activating group) is 1. The first kappa shape index (κ1) is 39.3. The first-order valence-corrected chi connectivity index (χ1v) is 19.0. The summed E-state index contributed by atoms with van der Waals surface area (Å²) in [7, 11) is 3.19. The monoisotopic (exact) mass is 729 g/mol. The maximum atomic E-state index is 14.3. The van der Waals surface area contributed by atoms with Crippen molar-refractivity contribution in [3.63, 3.8) is 0 Å². The van der Waals surface area contributed by atoms with Crippen LogP contribution in [0.25, 0.3) is 0 Å². The molecule has 13 heteroatoms. The molecule has 3 atom stereocenters. The first-order chi connectivity index (χ1) is 25.6. The summed E-state index contributed by atoms with van der Waals surface area (Å²) < 4.78 is 13.3. The summed E-state index contributed by atoms with van der Waals surface area (Å²) in [6.45, 7) is 5.69. The second kappa shape index (κ2) is 19.2. The lowest BCUT2D eigenvalue weighted by Crippen LogP contribution is -2.57. The number of benzene rings is 2. The molecule has 4 amide bonds. The number of nitrogens with zero attached hydrogens (tertiary/aromatic N) is 5. The number of amides is 4. The smallest absolute Gasteiger partial charge is 0.255 e. The Morgan fingerprint density at radius 2 is 1.68 bits per heavy atom. The summed E-state index contributed by atoms with van der Waals surface area (Å²) in [6, 6.07) is 12.2. The second-order valence-electron chi connectivity index (χ2n) is 14.5. The highest BCUT2D eigenvalue weighted by molar-refractivity contribution is 6.00. The van der Waals surface area contributed by atoms with E-state index in [1.165, 1.54) is 12.0 Å². The number of nitrogens with one attached hydrogen (secondary N) is 2. The Bertz CT molecular complexity index is 1680. The molecule has 53 heavy (non-hydrogen) atoms. The summed E-state index contributed by atoms with van der Waals surface area (Å²) >= 11 is 0. The third kappa shape index (κ3) is 10.8. The molecule has 2 aliphatic heterocycles. The molecule has 286 valence electrons. The van der Waals surface area contributed by atoms with E-state index in [4.69, 9.17) is 9.47 Å². The highest BCUT2D eigenvalue weighted by Crippen LogP contribution is 2.27. The average Bonchev–Trinajstić information content (AvgIpc) is 3.84. The van der Waals surface area contributed by atoms with Crippen LogP contribution in [0.4, 0.5) is 0 Å². The van der Waals surface area contributed by atoms with Gasteiger partial charge < -0.3 is 29.9 Å². The first-order valence-electron chi connectivity index (χ1n) is 19.0. The number of ether oxygens (including phenoxy) is 2. The maximum absolute atomic E-state index is 14.3. The molecule has 2 aliphatic rings. The van der Waals surface area contributed by atoms with E-state index in [9.17, 15) is 19.2 Å². The fraction of sp³-hybridized carbons (Fsp3) is 0.550. The number of hydrogen-bond acceptors (Lipinski definition) is 8. The lowest BCUT2D eigenvalue weighted by molar-refractivity contribution is -0.147. The molecule has 13 nitrogen and oxygen atoms in total. The van der Waals surface area contributed by atoms with Crippen LogP contribution in [-0.2, 0) is 34.0 Å². The number of fused-ring (bicyclic) bond motifs is 4. The topological polar surface area (TPSA) is 148 Å². The second-order valence-corrected chi connectivity index (χ2v) is 14.5. The molecule has 3 heterocycles. The van der Waals surface area contributed by atoms with E-state index in [1.54, 1.807) is 34.8 Å². The van der Waals surface area contributed by atoms with Crippen LogP contribution in [0.1, 0.15) is 93.3 Å².